The molecule has 1 spiro atoms. The molecule has 0 saturated carbocycles. The summed E-state index contributed by atoms with van der Waals surface area (Å²) in [6, 6.07) is 0. The first-order valence-electron chi connectivity index (χ1n) is 9.87. The highest BCUT2D eigenvalue weighted by Gasteiger charge is 2.48. The quantitative estimate of drug-likeness (QED) is 0.737. The molecular formula is C20H34N2O3. The minimum Gasteiger partial charge on any atom is -0.384 e. The van der Waals surface area contributed by atoms with Gasteiger partial charge in [-0.15, -0.1) is 0 Å². The zero-order valence-corrected chi connectivity index (χ0v) is 16.0. The third-order valence-corrected chi connectivity index (χ3v) is 6.47. The molecule has 1 atom stereocenters. The lowest BCUT2D eigenvalue weighted by molar-refractivity contribution is -0.130. The van der Waals surface area contributed by atoms with Crippen molar-refractivity contribution in [2.75, 3.05) is 60.2 Å². The first-order chi connectivity index (χ1) is 12.2. The van der Waals surface area contributed by atoms with Gasteiger partial charge in [0.2, 0.25) is 5.91 Å². The van der Waals surface area contributed by atoms with E-state index in [1.54, 1.807) is 14.2 Å². The van der Waals surface area contributed by atoms with Gasteiger partial charge < -0.3 is 19.3 Å². The fraction of sp³-hybridized carbons (Fsp3) is 0.850. The average molecular weight is 351 g/mol. The summed E-state index contributed by atoms with van der Waals surface area (Å²) >= 11 is 0. The van der Waals surface area contributed by atoms with Crippen molar-refractivity contribution in [3.63, 3.8) is 0 Å². The average Bonchev–Trinajstić information content (AvgIpc) is 2.98. The minimum absolute atomic E-state index is 0.298. The van der Waals surface area contributed by atoms with Crippen LogP contribution in [0, 0.1) is 11.3 Å². The van der Waals surface area contributed by atoms with Gasteiger partial charge in [0.25, 0.3) is 0 Å². The number of amides is 1. The van der Waals surface area contributed by atoms with Gasteiger partial charge in [0.1, 0.15) is 0 Å². The molecular weight excluding hydrogens is 316 g/mol. The summed E-state index contributed by atoms with van der Waals surface area (Å²) in [6.07, 6.45) is 8.81. The number of carbonyl (C=O) groups is 1. The van der Waals surface area contributed by atoms with Crippen molar-refractivity contribution in [1.29, 1.82) is 0 Å². The molecule has 3 rings (SSSR count). The molecule has 1 aliphatic carbocycles. The van der Waals surface area contributed by atoms with E-state index in [9.17, 15) is 4.79 Å². The van der Waals surface area contributed by atoms with Crippen LogP contribution < -0.4 is 0 Å². The number of methoxy groups -OCH3 is 2. The van der Waals surface area contributed by atoms with Crippen molar-refractivity contribution in [2.24, 2.45) is 11.3 Å². The van der Waals surface area contributed by atoms with Gasteiger partial charge in [-0.25, -0.2) is 0 Å². The minimum atomic E-state index is 0.298. The number of carbonyl (C=O) groups excluding carboxylic acids is 1. The van der Waals surface area contributed by atoms with Crippen molar-refractivity contribution in [3.8, 4) is 0 Å². The van der Waals surface area contributed by atoms with Gasteiger partial charge in [0, 0.05) is 58.4 Å². The Morgan fingerprint density at radius 1 is 1.24 bits per heavy atom. The van der Waals surface area contributed by atoms with Crippen LogP contribution in [0.3, 0.4) is 0 Å². The molecule has 3 aliphatic rings. The molecule has 0 aromatic carbocycles. The van der Waals surface area contributed by atoms with Crippen molar-refractivity contribution < 1.29 is 14.3 Å². The summed E-state index contributed by atoms with van der Waals surface area (Å²) in [5, 5.41) is 0. The molecule has 0 aromatic heterocycles. The smallest absolute Gasteiger partial charge is 0.249 e. The Kier molecular flexibility index (Phi) is 6.53. The Bertz CT molecular complexity index is 483. The van der Waals surface area contributed by atoms with Gasteiger partial charge in [-0.05, 0) is 43.9 Å². The number of allylic oxidation sites excluding steroid dienone is 1. The molecule has 2 aliphatic heterocycles. The Morgan fingerprint density at radius 2 is 2.04 bits per heavy atom. The summed E-state index contributed by atoms with van der Waals surface area (Å²) in [5.41, 5.74) is 1.37. The number of rotatable bonds is 6. The molecule has 0 unspecified atom stereocenters. The van der Waals surface area contributed by atoms with Gasteiger partial charge >= 0.3 is 0 Å². The fourth-order valence-corrected chi connectivity index (χ4v) is 4.92. The van der Waals surface area contributed by atoms with E-state index in [4.69, 9.17) is 9.47 Å². The van der Waals surface area contributed by atoms with E-state index in [1.165, 1.54) is 12.8 Å². The first-order valence-corrected chi connectivity index (χ1v) is 9.87. The van der Waals surface area contributed by atoms with E-state index in [1.807, 2.05) is 0 Å². The lowest BCUT2D eigenvalue weighted by atomic mass is 9.71. The molecule has 0 bridgehead atoms. The first kappa shape index (κ1) is 18.9. The summed E-state index contributed by atoms with van der Waals surface area (Å²) in [4.78, 5) is 17.4. The van der Waals surface area contributed by atoms with Crippen molar-refractivity contribution in [3.05, 3.63) is 11.6 Å². The molecule has 5 heteroatoms. The van der Waals surface area contributed by atoms with Crippen LogP contribution in [-0.4, -0.2) is 75.9 Å². The monoisotopic (exact) mass is 350 g/mol. The number of piperidine rings is 1. The van der Waals surface area contributed by atoms with Crippen LogP contribution in [-0.2, 0) is 14.3 Å². The van der Waals surface area contributed by atoms with E-state index < -0.39 is 0 Å². The Labute approximate surface area is 152 Å². The predicted octanol–water partition coefficient (Wildman–Crippen LogP) is 2.32. The summed E-state index contributed by atoms with van der Waals surface area (Å²) in [6.45, 7) is 6.61. The highest BCUT2D eigenvalue weighted by Crippen LogP contribution is 2.45. The van der Waals surface area contributed by atoms with Gasteiger partial charge in [-0.2, -0.15) is 0 Å². The largest absolute Gasteiger partial charge is 0.384 e. The van der Waals surface area contributed by atoms with E-state index in [0.29, 0.717) is 17.2 Å². The highest BCUT2D eigenvalue weighted by molar-refractivity contribution is 5.93. The topological polar surface area (TPSA) is 42.0 Å². The highest BCUT2D eigenvalue weighted by atomic mass is 16.5. The fourth-order valence-electron chi connectivity index (χ4n) is 4.92. The Morgan fingerprint density at radius 3 is 2.68 bits per heavy atom. The SMILES string of the molecule is COCCN1C[C@H](COC)C2(CCN(C(=O)C3=CCCCC3)CC2)C1. The summed E-state index contributed by atoms with van der Waals surface area (Å²) in [7, 11) is 3.57. The summed E-state index contributed by atoms with van der Waals surface area (Å²) in [5.74, 6) is 0.868. The molecule has 1 amide bonds. The van der Waals surface area contributed by atoms with Gasteiger partial charge in [-0.1, -0.05) is 6.08 Å². The second-order valence-corrected chi connectivity index (χ2v) is 8.01. The zero-order chi connectivity index (χ0) is 17.7. The van der Waals surface area contributed by atoms with Crippen molar-refractivity contribution >= 4 is 5.91 Å². The summed E-state index contributed by atoms with van der Waals surface area (Å²) < 4.78 is 10.8. The third-order valence-electron chi connectivity index (χ3n) is 6.47. The normalized spacial score (nSPS) is 26.9. The standard InChI is InChI=1S/C20H34N2O3/c1-24-13-12-21-14-18(15-25-2)20(16-21)8-10-22(11-9-20)19(23)17-6-4-3-5-7-17/h6,18H,3-5,7-16H2,1-2H3/t18-/m1/s1. The van der Waals surface area contributed by atoms with Gasteiger partial charge in [0.15, 0.2) is 0 Å². The third kappa shape index (κ3) is 4.26. The van der Waals surface area contributed by atoms with E-state index >= 15 is 0 Å². The van der Waals surface area contributed by atoms with Crippen LogP contribution in [0.15, 0.2) is 11.6 Å². The predicted molar refractivity (Wildman–Crippen MR) is 98.5 cm³/mol. The molecule has 0 aromatic rings. The maximum absolute atomic E-state index is 12.8. The molecule has 25 heavy (non-hydrogen) atoms. The number of hydrogen-bond donors (Lipinski definition) is 0. The number of likely N-dealkylation sites (tertiary alicyclic amines) is 2. The second kappa shape index (κ2) is 8.65. The van der Waals surface area contributed by atoms with E-state index in [0.717, 1.165) is 77.2 Å². The number of ether oxygens (including phenoxy) is 2. The van der Waals surface area contributed by atoms with Crippen LogP contribution in [0.25, 0.3) is 0 Å². The van der Waals surface area contributed by atoms with Gasteiger partial charge in [0.05, 0.1) is 13.2 Å². The molecule has 142 valence electrons. The number of nitrogens with zero attached hydrogens (tertiary/aromatic N) is 2. The Hall–Kier alpha value is -0.910. The van der Waals surface area contributed by atoms with Crippen LogP contribution in [0.1, 0.15) is 38.5 Å². The van der Waals surface area contributed by atoms with Crippen LogP contribution in [0.2, 0.25) is 0 Å². The van der Waals surface area contributed by atoms with Gasteiger partial charge in [-0.3, -0.25) is 4.79 Å². The molecule has 0 N–H and O–H groups in total. The van der Waals surface area contributed by atoms with Crippen LogP contribution in [0.5, 0.6) is 0 Å². The molecule has 0 radical (unpaired) electrons. The lowest BCUT2D eigenvalue weighted by Crippen LogP contribution is -2.47. The van der Waals surface area contributed by atoms with E-state index in [-0.39, 0.29) is 0 Å². The molecule has 2 heterocycles. The second-order valence-electron chi connectivity index (χ2n) is 8.01. The van der Waals surface area contributed by atoms with Crippen molar-refractivity contribution in [2.45, 2.75) is 38.5 Å². The zero-order valence-electron chi connectivity index (χ0n) is 16.0. The maximum Gasteiger partial charge on any atom is 0.249 e. The Balaban J connectivity index is 1.60. The number of hydrogen-bond acceptors (Lipinski definition) is 4. The maximum atomic E-state index is 12.8. The van der Waals surface area contributed by atoms with Crippen LogP contribution >= 0.6 is 0 Å². The van der Waals surface area contributed by atoms with Crippen LogP contribution in [0.4, 0.5) is 0 Å². The molecule has 2 fully saturated rings. The molecule has 2 saturated heterocycles. The van der Waals surface area contributed by atoms with Crippen molar-refractivity contribution in [1.82, 2.24) is 9.80 Å². The van der Waals surface area contributed by atoms with E-state index in [2.05, 4.69) is 15.9 Å². The molecule has 5 nitrogen and oxygen atoms in total. The lowest BCUT2D eigenvalue weighted by Gasteiger charge is -2.43.